The largest absolute Gasteiger partial charge is 0.289 e. The minimum absolute atomic E-state index is 0.000244. The van der Waals surface area contributed by atoms with E-state index in [1.807, 2.05) is 42.5 Å². The van der Waals surface area contributed by atoms with Crippen LogP contribution in [0.1, 0.15) is 27.0 Å². The Morgan fingerprint density at radius 2 is 1.59 bits per heavy atom. The number of hydrogen-bond acceptors (Lipinski definition) is 2. The summed E-state index contributed by atoms with van der Waals surface area (Å²) in [6.07, 6.45) is 1.65. The smallest absolute Gasteiger partial charge is 0.194 e. The van der Waals surface area contributed by atoms with E-state index in [4.69, 9.17) is 0 Å². The number of carbonyl (C=O) groups excluding carboxylic acids is 1. The standard InChI is InChI=1S/C20H17NO/c1-14-8-9-17(12-15(14)2)19-11-10-18(13-21-19)20(22)16-6-4-3-5-7-16/h3-13H,1-2H3. The van der Waals surface area contributed by atoms with Crippen molar-refractivity contribution in [2.75, 3.05) is 0 Å². The first kappa shape index (κ1) is 14.2. The molecule has 0 saturated carbocycles. The molecule has 22 heavy (non-hydrogen) atoms. The number of aromatic nitrogens is 1. The van der Waals surface area contributed by atoms with Gasteiger partial charge >= 0.3 is 0 Å². The van der Waals surface area contributed by atoms with Crippen LogP contribution in [-0.4, -0.2) is 10.8 Å². The molecule has 2 aromatic carbocycles. The van der Waals surface area contributed by atoms with Crippen LogP contribution in [0.2, 0.25) is 0 Å². The fraction of sp³-hybridized carbons (Fsp3) is 0.100. The van der Waals surface area contributed by atoms with Crippen LogP contribution in [-0.2, 0) is 0 Å². The molecular formula is C20H17NO. The summed E-state index contributed by atoms with van der Waals surface area (Å²) in [6, 6.07) is 19.3. The van der Waals surface area contributed by atoms with Crippen molar-refractivity contribution in [1.29, 1.82) is 0 Å². The van der Waals surface area contributed by atoms with E-state index < -0.39 is 0 Å². The van der Waals surface area contributed by atoms with Crippen LogP contribution in [0.3, 0.4) is 0 Å². The molecule has 0 aliphatic rings. The van der Waals surface area contributed by atoms with Gasteiger partial charge < -0.3 is 0 Å². The molecule has 0 N–H and O–H groups in total. The monoisotopic (exact) mass is 287 g/mol. The van der Waals surface area contributed by atoms with Gasteiger partial charge in [0, 0.05) is 22.9 Å². The number of hydrogen-bond donors (Lipinski definition) is 0. The van der Waals surface area contributed by atoms with E-state index in [-0.39, 0.29) is 5.78 Å². The highest BCUT2D eigenvalue weighted by molar-refractivity contribution is 6.08. The van der Waals surface area contributed by atoms with Gasteiger partial charge in [0.05, 0.1) is 5.69 Å². The molecule has 0 radical (unpaired) electrons. The molecular weight excluding hydrogens is 270 g/mol. The minimum Gasteiger partial charge on any atom is -0.289 e. The average Bonchev–Trinajstić information content (AvgIpc) is 2.58. The molecule has 0 saturated heterocycles. The molecule has 0 bridgehead atoms. The zero-order valence-corrected chi connectivity index (χ0v) is 12.7. The molecule has 108 valence electrons. The Kier molecular flexibility index (Phi) is 3.84. The van der Waals surface area contributed by atoms with Crippen molar-refractivity contribution in [3.63, 3.8) is 0 Å². The molecule has 3 rings (SSSR count). The second-order valence-corrected chi connectivity index (χ2v) is 5.43. The van der Waals surface area contributed by atoms with Gasteiger partial charge in [-0.1, -0.05) is 42.5 Å². The molecule has 1 heterocycles. The summed E-state index contributed by atoms with van der Waals surface area (Å²) in [6.45, 7) is 4.18. The first-order chi connectivity index (χ1) is 10.6. The fourth-order valence-electron chi connectivity index (χ4n) is 2.36. The van der Waals surface area contributed by atoms with Gasteiger partial charge in [-0.25, -0.2) is 0 Å². The summed E-state index contributed by atoms with van der Waals surface area (Å²) >= 11 is 0. The van der Waals surface area contributed by atoms with Crippen molar-refractivity contribution >= 4 is 5.78 Å². The second kappa shape index (κ2) is 5.94. The summed E-state index contributed by atoms with van der Waals surface area (Å²) in [5.74, 6) is -0.000244. The summed E-state index contributed by atoms with van der Waals surface area (Å²) in [5.41, 5.74) is 5.75. The molecule has 3 aromatic rings. The Balaban J connectivity index is 1.89. The van der Waals surface area contributed by atoms with E-state index in [1.54, 1.807) is 6.20 Å². The Bertz CT molecular complexity index is 805. The lowest BCUT2D eigenvalue weighted by Gasteiger charge is -2.06. The van der Waals surface area contributed by atoms with Gasteiger partial charge in [0.25, 0.3) is 0 Å². The molecule has 0 aliphatic heterocycles. The van der Waals surface area contributed by atoms with Crippen molar-refractivity contribution < 1.29 is 4.79 Å². The SMILES string of the molecule is Cc1ccc(-c2ccc(C(=O)c3ccccc3)cn2)cc1C. The van der Waals surface area contributed by atoms with Crippen LogP contribution >= 0.6 is 0 Å². The lowest BCUT2D eigenvalue weighted by Crippen LogP contribution is -2.01. The maximum absolute atomic E-state index is 12.4. The van der Waals surface area contributed by atoms with Crippen LogP contribution in [0.4, 0.5) is 0 Å². The van der Waals surface area contributed by atoms with Crippen molar-refractivity contribution in [2.45, 2.75) is 13.8 Å². The lowest BCUT2D eigenvalue weighted by atomic mass is 10.0. The number of ketones is 1. The molecule has 0 aliphatic carbocycles. The van der Waals surface area contributed by atoms with E-state index >= 15 is 0 Å². The topological polar surface area (TPSA) is 30.0 Å². The van der Waals surface area contributed by atoms with Crippen LogP contribution in [0.15, 0.2) is 66.9 Å². The van der Waals surface area contributed by atoms with E-state index in [0.29, 0.717) is 11.1 Å². The molecule has 1 aromatic heterocycles. The molecule has 0 unspecified atom stereocenters. The van der Waals surface area contributed by atoms with Crippen LogP contribution in [0, 0.1) is 13.8 Å². The van der Waals surface area contributed by atoms with Crippen LogP contribution in [0.5, 0.6) is 0 Å². The van der Waals surface area contributed by atoms with Crippen molar-refractivity contribution in [1.82, 2.24) is 4.98 Å². The van der Waals surface area contributed by atoms with Crippen molar-refractivity contribution in [3.8, 4) is 11.3 Å². The molecule has 2 nitrogen and oxygen atoms in total. The lowest BCUT2D eigenvalue weighted by molar-refractivity contribution is 0.103. The summed E-state index contributed by atoms with van der Waals surface area (Å²) in [7, 11) is 0. The third-order valence-electron chi connectivity index (χ3n) is 3.86. The van der Waals surface area contributed by atoms with Gasteiger partial charge in [-0.15, -0.1) is 0 Å². The molecule has 0 spiro atoms. The number of nitrogens with zero attached hydrogens (tertiary/aromatic N) is 1. The van der Waals surface area contributed by atoms with Gasteiger partial charge in [0.1, 0.15) is 0 Å². The van der Waals surface area contributed by atoms with E-state index in [2.05, 4.69) is 37.0 Å². The molecule has 0 atom stereocenters. The Labute approximate surface area is 130 Å². The number of carbonyl (C=O) groups is 1. The average molecular weight is 287 g/mol. The van der Waals surface area contributed by atoms with E-state index in [9.17, 15) is 4.79 Å². The molecule has 0 fully saturated rings. The fourth-order valence-corrected chi connectivity index (χ4v) is 2.36. The number of pyridine rings is 1. The molecule has 0 amide bonds. The van der Waals surface area contributed by atoms with Gasteiger partial charge in [-0.05, 0) is 43.2 Å². The summed E-state index contributed by atoms with van der Waals surface area (Å²) < 4.78 is 0. The van der Waals surface area contributed by atoms with Crippen LogP contribution in [0.25, 0.3) is 11.3 Å². The quantitative estimate of drug-likeness (QED) is 0.659. The van der Waals surface area contributed by atoms with E-state index in [1.165, 1.54) is 11.1 Å². The predicted octanol–water partition coefficient (Wildman–Crippen LogP) is 4.60. The highest BCUT2D eigenvalue weighted by atomic mass is 16.1. The first-order valence-electron chi connectivity index (χ1n) is 7.28. The minimum atomic E-state index is -0.000244. The summed E-state index contributed by atoms with van der Waals surface area (Å²) in [5, 5.41) is 0. The Morgan fingerprint density at radius 1 is 0.818 bits per heavy atom. The number of rotatable bonds is 3. The third kappa shape index (κ3) is 2.82. The van der Waals surface area contributed by atoms with Gasteiger partial charge in [0.15, 0.2) is 5.78 Å². The second-order valence-electron chi connectivity index (χ2n) is 5.43. The van der Waals surface area contributed by atoms with Crippen molar-refractivity contribution in [2.24, 2.45) is 0 Å². The van der Waals surface area contributed by atoms with Gasteiger partial charge in [0.2, 0.25) is 0 Å². The highest BCUT2D eigenvalue weighted by Gasteiger charge is 2.09. The third-order valence-corrected chi connectivity index (χ3v) is 3.86. The predicted molar refractivity (Wildman–Crippen MR) is 89.0 cm³/mol. The number of benzene rings is 2. The zero-order valence-electron chi connectivity index (χ0n) is 12.7. The summed E-state index contributed by atoms with van der Waals surface area (Å²) in [4.78, 5) is 16.8. The number of aryl methyl sites for hydroxylation is 2. The van der Waals surface area contributed by atoms with Crippen molar-refractivity contribution in [3.05, 3.63) is 89.1 Å². The van der Waals surface area contributed by atoms with Gasteiger partial charge in [-0.2, -0.15) is 0 Å². The van der Waals surface area contributed by atoms with E-state index in [0.717, 1.165) is 11.3 Å². The first-order valence-corrected chi connectivity index (χ1v) is 7.28. The highest BCUT2D eigenvalue weighted by Crippen LogP contribution is 2.21. The molecule has 2 heteroatoms. The van der Waals surface area contributed by atoms with Crippen LogP contribution < -0.4 is 0 Å². The zero-order chi connectivity index (χ0) is 15.5. The Morgan fingerprint density at radius 3 is 2.23 bits per heavy atom. The Hall–Kier alpha value is -2.74. The normalized spacial score (nSPS) is 10.5. The maximum Gasteiger partial charge on any atom is 0.194 e. The maximum atomic E-state index is 12.4. The van der Waals surface area contributed by atoms with Gasteiger partial charge in [-0.3, -0.25) is 9.78 Å².